The molecule has 1 aliphatic heterocycles. The zero-order valence-corrected chi connectivity index (χ0v) is 10.4. The number of rotatable bonds is 3. The second-order valence-corrected chi connectivity index (χ2v) is 4.74. The number of nitrogens with two attached hydrogens (primary N) is 1. The van der Waals surface area contributed by atoms with Gasteiger partial charge in [-0.25, -0.2) is 4.68 Å². The fourth-order valence-electron chi connectivity index (χ4n) is 2.10. The van der Waals surface area contributed by atoms with E-state index in [1.807, 2.05) is 4.68 Å². The van der Waals surface area contributed by atoms with E-state index >= 15 is 0 Å². The molecule has 1 aromatic heterocycles. The molecule has 1 fully saturated rings. The highest BCUT2D eigenvalue weighted by Gasteiger charge is 2.20. The zero-order valence-electron chi connectivity index (χ0n) is 8.86. The number of anilines is 1. The number of nitrogen functional groups attached to an aromatic ring is 1. The summed E-state index contributed by atoms with van der Waals surface area (Å²) in [7, 11) is 2.18. The van der Waals surface area contributed by atoms with Gasteiger partial charge in [0, 0.05) is 12.6 Å². The Morgan fingerprint density at radius 2 is 2.40 bits per heavy atom. The molecule has 0 saturated carbocycles. The van der Waals surface area contributed by atoms with E-state index in [0.29, 0.717) is 12.0 Å². The largest absolute Gasteiger partial charge is 0.366 e. The Kier molecular flexibility index (Phi) is 3.25. The molecule has 1 saturated heterocycles. The lowest BCUT2D eigenvalue weighted by atomic mass is 10.1. The van der Waals surface area contributed by atoms with Crippen molar-refractivity contribution in [1.29, 1.82) is 0 Å². The van der Waals surface area contributed by atoms with Gasteiger partial charge >= 0.3 is 0 Å². The van der Waals surface area contributed by atoms with Crippen LogP contribution < -0.4 is 5.73 Å². The molecule has 2 rings (SSSR count). The molecule has 1 unspecified atom stereocenters. The molecule has 0 amide bonds. The maximum atomic E-state index is 5.51. The van der Waals surface area contributed by atoms with Crippen LogP contribution in [0.25, 0.3) is 0 Å². The van der Waals surface area contributed by atoms with Crippen molar-refractivity contribution in [1.82, 2.24) is 19.7 Å². The van der Waals surface area contributed by atoms with Gasteiger partial charge < -0.3 is 10.6 Å². The van der Waals surface area contributed by atoms with Crippen molar-refractivity contribution in [3.63, 3.8) is 0 Å². The molecule has 0 bridgehead atoms. The highest BCUT2D eigenvalue weighted by atomic mass is 79.9. The van der Waals surface area contributed by atoms with Crippen LogP contribution in [0.5, 0.6) is 0 Å². The highest BCUT2D eigenvalue weighted by Crippen LogP contribution is 2.19. The second-order valence-electron chi connectivity index (χ2n) is 4.03. The van der Waals surface area contributed by atoms with Crippen LogP contribution in [0.15, 0.2) is 4.73 Å². The first kappa shape index (κ1) is 10.9. The predicted octanol–water partition coefficient (Wildman–Crippen LogP) is 1.11. The second kappa shape index (κ2) is 4.49. The van der Waals surface area contributed by atoms with Crippen molar-refractivity contribution >= 4 is 21.9 Å². The van der Waals surface area contributed by atoms with E-state index in [1.165, 1.54) is 19.4 Å². The van der Waals surface area contributed by atoms with Crippen molar-refractivity contribution in [2.45, 2.75) is 31.8 Å². The smallest absolute Gasteiger partial charge is 0.240 e. The average molecular weight is 274 g/mol. The van der Waals surface area contributed by atoms with Gasteiger partial charge in [0.15, 0.2) is 4.73 Å². The van der Waals surface area contributed by atoms with Gasteiger partial charge in [-0.05, 0) is 48.8 Å². The van der Waals surface area contributed by atoms with Gasteiger partial charge in [-0.15, -0.1) is 5.10 Å². The van der Waals surface area contributed by atoms with Crippen LogP contribution in [0, 0.1) is 0 Å². The molecular weight excluding hydrogens is 258 g/mol. The maximum Gasteiger partial charge on any atom is 0.240 e. The molecule has 6 heteroatoms. The SMILES string of the molecule is CN1CCCC1CCn1nc(N)nc1Br. The first-order valence-corrected chi connectivity index (χ1v) is 6.02. The summed E-state index contributed by atoms with van der Waals surface area (Å²) in [6.45, 7) is 2.09. The van der Waals surface area contributed by atoms with E-state index in [0.717, 1.165) is 17.7 Å². The topological polar surface area (TPSA) is 60.0 Å². The molecule has 1 aliphatic rings. The van der Waals surface area contributed by atoms with Crippen LogP contribution in [0.2, 0.25) is 0 Å². The normalized spacial score (nSPS) is 22.4. The van der Waals surface area contributed by atoms with Crippen molar-refractivity contribution in [3.8, 4) is 0 Å². The molecule has 0 aliphatic carbocycles. The number of hydrogen-bond donors (Lipinski definition) is 1. The third-order valence-corrected chi connectivity index (χ3v) is 3.58. The van der Waals surface area contributed by atoms with Gasteiger partial charge in [0.1, 0.15) is 0 Å². The molecule has 1 atom stereocenters. The van der Waals surface area contributed by atoms with Gasteiger partial charge in [-0.2, -0.15) is 4.98 Å². The lowest BCUT2D eigenvalue weighted by Crippen LogP contribution is -2.26. The summed E-state index contributed by atoms with van der Waals surface area (Å²) in [6.07, 6.45) is 3.71. The third-order valence-electron chi connectivity index (χ3n) is 2.99. The monoisotopic (exact) mass is 273 g/mol. The summed E-state index contributed by atoms with van der Waals surface area (Å²) in [5, 5.41) is 4.11. The summed E-state index contributed by atoms with van der Waals surface area (Å²) in [5.41, 5.74) is 5.51. The van der Waals surface area contributed by atoms with E-state index < -0.39 is 0 Å². The third kappa shape index (κ3) is 2.49. The van der Waals surface area contributed by atoms with Crippen LogP contribution in [0.4, 0.5) is 5.95 Å². The molecule has 5 nitrogen and oxygen atoms in total. The van der Waals surface area contributed by atoms with Crippen molar-refractivity contribution in [2.75, 3.05) is 19.3 Å². The van der Waals surface area contributed by atoms with Crippen molar-refractivity contribution in [2.24, 2.45) is 0 Å². The number of hydrogen-bond acceptors (Lipinski definition) is 4. The van der Waals surface area contributed by atoms with Crippen LogP contribution in [0.3, 0.4) is 0 Å². The molecule has 2 N–H and O–H groups in total. The summed E-state index contributed by atoms with van der Waals surface area (Å²) in [4.78, 5) is 6.42. The van der Waals surface area contributed by atoms with Crippen molar-refractivity contribution < 1.29 is 0 Å². The summed E-state index contributed by atoms with van der Waals surface area (Å²) in [5.74, 6) is 0.335. The number of halogens is 1. The molecule has 84 valence electrons. The van der Waals surface area contributed by atoms with E-state index in [9.17, 15) is 0 Å². The van der Waals surface area contributed by atoms with Crippen molar-refractivity contribution in [3.05, 3.63) is 4.73 Å². The van der Waals surface area contributed by atoms with E-state index in [1.54, 1.807) is 0 Å². The standard InChI is InChI=1S/C9H16BrN5/c1-14-5-2-3-7(14)4-6-15-8(10)12-9(11)13-15/h7H,2-6H2,1H3,(H2,11,13). The van der Waals surface area contributed by atoms with E-state index in [2.05, 4.69) is 38.0 Å². The lowest BCUT2D eigenvalue weighted by molar-refractivity contribution is 0.282. The number of aryl methyl sites for hydroxylation is 1. The molecule has 1 aromatic rings. The molecule has 15 heavy (non-hydrogen) atoms. The Morgan fingerprint density at radius 3 is 2.93 bits per heavy atom. The minimum absolute atomic E-state index is 0.335. The molecule has 2 heterocycles. The fraction of sp³-hybridized carbons (Fsp3) is 0.778. The summed E-state index contributed by atoms with van der Waals surface area (Å²) >= 11 is 3.34. The number of nitrogens with zero attached hydrogens (tertiary/aromatic N) is 4. The van der Waals surface area contributed by atoms with Gasteiger partial charge in [0.2, 0.25) is 5.95 Å². The van der Waals surface area contributed by atoms with E-state index in [4.69, 9.17) is 5.73 Å². The summed E-state index contributed by atoms with van der Waals surface area (Å²) in [6, 6.07) is 0.683. The fourth-order valence-corrected chi connectivity index (χ4v) is 2.54. The quantitative estimate of drug-likeness (QED) is 0.897. The van der Waals surface area contributed by atoms with Crippen LogP contribution in [0.1, 0.15) is 19.3 Å². The Morgan fingerprint density at radius 1 is 1.60 bits per heavy atom. The van der Waals surface area contributed by atoms with Gasteiger partial charge in [0.25, 0.3) is 0 Å². The average Bonchev–Trinajstić information content (AvgIpc) is 2.70. The number of aromatic nitrogens is 3. The maximum absolute atomic E-state index is 5.51. The Balaban J connectivity index is 1.90. The highest BCUT2D eigenvalue weighted by molar-refractivity contribution is 9.10. The van der Waals surface area contributed by atoms with Crippen LogP contribution >= 0.6 is 15.9 Å². The minimum Gasteiger partial charge on any atom is -0.366 e. The first-order chi connectivity index (χ1) is 7.16. The Labute approximate surface area is 97.8 Å². The van der Waals surface area contributed by atoms with Gasteiger partial charge in [-0.3, -0.25) is 0 Å². The van der Waals surface area contributed by atoms with Gasteiger partial charge in [0.05, 0.1) is 0 Å². The first-order valence-electron chi connectivity index (χ1n) is 5.23. The minimum atomic E-state index is 0.335. The molecule has 0 aromatic carbocycles. The van der Waals surface area contributed by atoms with E-state index in [-0.39, 0.29) is 0 Å². The Hall–Kier alpha value is -0.620. The lowest BCUT2D eigenvalue weighted by Gasteiger charge is -2.18. The Bertz CT molecular complexity index is 337. The molecule has 0 radical (unpaired) electrons. The molecule has 0 spiro atoms. The zero-order chi connectivity index (χ0) is 10.8. The van der Waals surface area contributed by atoms with Gasteiger partial charge in [-0.1, -0.05) is 0 Å². The molecular formula is C9H16BrN5. The van der Waals surface area contributed by atoms with Crippen LogP contribution in [-0.2, 0) is 6.54 Å². The number of likely N-dealkylation sites (tertiary alicyclic amines) is 1. The predicted molar refractivity (Wildman–Crippen MR) is 62.4 cm³/mol. The van der Waals surface area contributed by atoms with Crippen LogP contribution in [-0.4, -0.2) is 39.3 Å². The summed E-state index contributed by atoms with van der Waals surface area (Å²) < 4.78 is 2.54.